The van der Waals surface area contributed by atoms with Gasteiger partial charge in [0.25, 0.3) is 5.91 Å². The van der Waals surface area contributed by atoms with E-state index in [0.717, 1.165) is 14.7 Å². The molecule has 0 aliphatic heterocycles. The fraction of sp³-hybridized carbons (Fsp3) is 0.154. The van der Waals surface area contributed by atoms with Gasteiger partial charge in [-0.15, -0.1) is 0 Å². The maximum Gasteiger partial charge on any atom is 0.330 e. The summed E-state index contributed by atoms with van der Waals surface area (Å²) in [4.78, 5) is 26.9. The van der Waals surface area contributed by atoms with Gasteiger partial charge in [0.15, 0.2) is 11.7 Å². The summed E-state index contributed by atoms with van der Waals surface area (Å²) in [5.74, 6) is -0.961. The zero-order valence-corrected chi connectivity index (χ0v) is 13.0. The summed E-state index contributed by atoms with van der Waals surface area (Å²) in [6.07, 6.45) is 2.80. The molecule has 2 rings (SSSR count). The van der Waals surface area contributed by atoms with Crippen LogP contribution in [0.1, 0.15) is 6.92 Å². The Bertz CT molecular complexity index is 681. The van der Waals surface area contributed by atoms with E-state index in [1.54, 1.807) is 13.0 Å². The molecule has 1 aromatic heterocycles. The summed E-state index contributed by atoms with van der Waals surface area (Å²) in [6.45, 7) is 1.36. The van der Waals surface area contributed by atoms with E-state index in [0.29, 0.717) is 5.13 Å². The van der Waals surface area contributed by atoms with Gasteiger partial charge in [-0.25, -0.2) is 9.78 Å². The summed E-state index contributed by atoms with van der Waals surface area (Å²) in [5, 5.41) is 3.08. The molecule has 0 aliphatic rings. The molecule has 0 spiro atoms. The van der Waals surface area contributed by atoms with Crippen LogP contribution in [0.25, 0.3) is 10.2 Å². The van der Waals surface area contributed by atoms with Crippen molar-refractivity contribution in [3.8, 4) is 0 Å². The predicted molar refractivity (Wildman–Crippen MR) is 81.7 cm³/mol. The van der Waals surface area contributed by atoms with Crippen LogP contribution in [0.3, 0.4) is 0 Å². The van der Waals surface area contributed by atoms with E-state index in [4.69, 9.17) is 4.74 Å². The number of halogens is 1. The maximum absolute atomic E-state index is 11.6. The van der Waals surface area contributed by atoms with E-state index in [9.17, 15) is 9.59 Å². The smallest absolute Gasteiger partial charge is 0.330 e. The number of carbonyl (C=O) groups excluding carboxylic acids is 2. The number of nitrogens with zero attached hydrogens (tertiary/aromatic N) is 1. The van der Waals surface area contributed by atoms with Crippen LogP contribution in [0, 0.1) is 0 Å². The molecule has 7 heteroatoms. The molecular weight excluding hydrogens is 344 g/mol. The molecule has 1 amide bonds. The number of benzene rings is 1. The number of hydrogen-bond acceptors (Lipinski definition) is 5. The molecule has 0 saturated heterocycles. The Labute approximate surface area is 127 Å². The second kappa shape index (κ2) is 6.62. The number of aromatic nitrogens is 1. The number of nitrogens with one attached hydrogen (secondary N) is 1. The molecule has 0 fully saturated rings. The van der Waals surface area contributed by atoms with Gasteiger partial charge < -0.3 is 4.74 Å². The molecule has 0 unspecified atom stereocenters. The maximum atomic E-state index is 11.6. The first-order valence-electron chi connectivity index (χ1n) is 5.74. The summed E-state index contributed by atoms with van der Waals surface area (Å²) < 4.78 is 6.65. The molecule has 104 valence electrons. The number of esters is 1. The Morgan fingerprint density at radius 2 is 2.30 bits per heavy atom. The third-order valence-corrected chi connectivity index (χ3v) is 3.67. The van der Waals surface area contributed by atoms with Crippen molar-refractivity contribution >= 4 is 54.5 Å². The highest BCUT2D eigenvalue weighted by Gasteiger charge is 2.09. The van der Waals surface area contributed by atoms with Gasteiger partial charge in [0.2, 0.25) is 0 Å². The normalized spacial score (nSPS) is 10.9. The van der Waals surface area contributed by atoms with Crippen molar-refractivity contribution in [3.63, 3.8) is 0 Å². The molecule has 0 atom stereocenters. The number of fused-ring (bicyclic) bond motifs is 1. The van der Waals surface area contributed by atoms with E-state index < -0.39 is 11.9 Å². The first kappa shape index (κ1) is 14.7. The number of carbonyl (C=O) groups is 2. The lowest BCUT2D eigenvalue weighted by Gasteiger charge is -2.01. The predicted octanol–water partition coefficient (Wildman–Crippen LogP) is 3.12. The highest BCUT2D eigenvalue weighted by molar-refractivity contribution is 9.10. The Hall–Kier alpha value is -1.73. The topological polar surface area (TPSA) is 68.3 Å². The minimum absolute atomic E-state index is 0.331. The Balaban J connectivity index is 1.97. The summed E-state index contributed by atoms with van der Waals surface area (Å²) in [6, 6.07) is 5.67. The molecule has 20 heavy (non-hydrogen) atoms. The van der Waals surface area contributed by atoms with Gasteiger partial charge in [0.05, 0.1) is 10.2 Å². The molecule has 2 aromatic rings. The molecule has 1 N–H and O–H groups in total. The van der Waals surface area contributed by atoms with Crippen molar-refractivity contribution in [1.29, 1.82) is 0 Å². The first-order chi connectivity index (χ1) is 9.58. The highest BCUT2D eigenvalue weighted by Crippen LogP contribution is 2.28. The second-order valence-electron chi connectivity index (χ2n) is 3.79. The molecule has 0 radical (unpaired) electrons. The lowest BCUT2D eigenvalue weighted by molar-refractivity contribution is -0.142. The van der Waals surface area contributed by atoms with Crippen LogP contribution >= 0.6 is 27.3 Å². The third-order valence-electron chi connectivity index (χ3n) is 2.25. The quantitative estimate of drug-likeness (QED) is 0.676. The monoisotopic (exact) mass is 354 g/mol. The van der Waals surface area contributed by atoms with Crippen LogP contribution < -0.4 is 5.32 Å². The molecule has 5 nitrogen and oxygen atoms in total. The SMILES string of the molecule is C/C=C/C(=O)OCC(=O)Nc1nc2ccc(Br)cc2s1. The number of hydrogen-bond donors (Lipinski definition) is 1. The number of thiazole rings is 1. The van der Waals surface area contributed by atoms with Crippen molar-refractivity contribution in [3.05, 3.63) is 34.8 Å². The van der Waals surface area contributed by atoms with Gasteiger partial charge in [-0.1, -0.05) is 33.3 Å². The summed E-state index contributed by atoms with van der Waals surface area (Å²) >= 11 is 4.73. The van der Waals surface area contributed by atoms with Gasteiger partial charge in [0.1, 0.15) is 0 Å². The Morgan fingerprint density at radius 3 is 3.05 bits per heavy atom. The highest BCUT2D eigenvalue weighted by atomic mass is 79.9. The number of anilines is 1. The van der Waals surface area contributed by atoms with Crippen LogP contribution in [0.15, 0.2) is 34.8 Å². The standard InChI is InChI=1S/C13H11BrN2O3S/c1-2-3-12(18)19-7-11(17)16-13-15-9-5-4-8(14)6-10(9)20-13/h2-6H,7H2,1H3,(H,15,16,17)/b3-2+. The first-order valence-corrected chi connectivity index (χ1v) is 7.35. The van der Waals surface area contributed by atoms with E-state index in [1.807, 2.05) is 18.2 Å². The minimum Gasteiger partial charge on any atom is -0.452 e. The largest absolute Gasteiger partial charge is 0.452 e. The summed E-state index contributed by atoms with van der Waals surface area (Å²) in [5.41, 5.74) is 0.805. The van der Waals surface area contributed by atoms with Crippen LogP contribution in [0.5, 0.6) is 0 Å². The second-order valence-corrected chi connectivity index (χ2v) is 5.73. The Morgan fingerprint density at radius 1 is 1.50 bits per heavy atom. The van der Waals surface area contributed by atoms with Crippen molar-refractivity contribution in [1.82, 2.24) is 4.98 Å². The van der Waals surface area contributed by atoms with Crippen molar-refractivity contribution < 1.29 is 14.3 Å². The van der Waals surface area contributed by atoms with Gasteiger partial charge in [-0.2, -0.15) is 0 Å². The summed E-state index contributed by atoms with van der Waals surface area (Å²) in [7, 11) is 0. The lowest BCUT2D eigenvalue weighted by atomic mass is 10.3. The fourth-order valence-electron chi connectivity index (χ4n) is 1.43. The van der Waals surface area contributed by atoms with Crippen molar-refractivity contribution in [2.24, 2.45) is 0 Å². The van der Waals surface area contributed by atoms with Gasteiger partial charge in [0, 0.05) is 10.5 Å². The zero-order chi connectivity index (χ0) is 14.5. The Kier molecular flexibility index (Phi) is 4.86. The van der Waals surface area contributed by atoms with E-state index in [-0.39, 0.29) is 6.61 Å². The number of ether oxygens (including phenoxy) is 1. The van der Waals surface area contributed by atoms with Gasteiger partial charge in [-0.05, 0) is 25.1 Å². The average Bonchev–Trinajstić information content (AvgIpc) is 2.78. The molecule has 1 heterocycles. The van der Waals surface area contributed by atoms with Gasteiger partial charge in [-0.3, -0.25) is 10.1 Å². The van der Waals surface area contributed by atoms with Crippen LogP contribution in [0.2, 0.25) is 0 Å². The fourth-order valence-corrected chi connectivity index (χ4v) is 2.86. The van der Waals surface area contributed by atoms with Crippen LogP contribution in [0.4, 0.5) is 5.13 Å². The molecular formula is C13H11BrN2O3S. The average molecular weight is 355 g/mol. The minimum atomic E-state index is -0.545. The van der Waals surface area contributed by atoms with Crippen molar-refractivity contribution in [2.45, 2.75) is 6.92 Å². The molecule has 0 saturated carbocycles. The molecule has 0 aliphatic carbocycles. The molecule has 1 aromatic carbocycles. The number of allylic oxidation sites excluding steroid dienone is 1. The van der Waals surface area contributed by atoms with Crippen LogP contribution in [-0.4, -0.2) is 23.5 Å². The van der Waals surface area contributed by atoms with Crippen LogP contribution in [-0.2, 0) is 14.3 Å². The van der Waals surface area contributed by atoms with Crippen molar-refractivity contribution in [2.75, 3.05) is 11.9 Å². The van der Waals surface area contributed by atoms with E-state index in [2.05, 4.69) is 26.2 Å². The number of amides is 1. The van der Waals surface area contributed by atoms with E-state index >= 15 is 0 Å². The number of rotatable bonds is 4. The third kappa shape index (κ3) is 3.88. The molecule has 0 bridgehead atoms. The zero-order valence-electron chi connectivity index (χ0n) is 10.6. The van der Waals surface area contributed by atoms with Gasteiger partial charge >= 0.3 is 5.97 Å². The lowest BCUT2D eigenvalue weighted by Crippen LogP contribution is -2.19. The van der Waals surface area contributed by atoms with E-state index in [1.165, 1.54) is 17.4 Å².